The molecule has 0 unspecified atom stereocenters. The topological polar surface area (TPSA) is 81.1 Å². The molecule has 0 fully saturated rings. The Morgan fingerprint density at radius 1 is 1.37 bits per heavy atom. The van der Waals surface area contributed by atoms with Crippen LogP contribution in [0.15, 0.2) is 64.1 Å². The predicted molar refractivity (Wildman–Crippen MR) is 116 cm³/mol. The molecule has 0 saturated heterocycles. The van der Waals surface area contributed by atoms with Gasteiger partial charge in [0.05, 0.1) is 26.2 Å². The van der Waals surface area contributed by atoms with Crippen molar-refractivity contribution in [1.29, 1.82) is 0 Å². The molecule has 0 spiro atoms. The van der Waals surface area contributed by atoms with Crippen molar-refractivity contribution < 1.29 is 0 Å². The molecule has 1 aromatic carbocycles. The molecule has 138 valence electrons. The predicted octanol–water partition coefficient (Wildman–Crippen LogP) is 5.31. The largest absolute Gasteiger partial charge is 0.390 e. The number of hydrogen-bond donors (Lipinski definition) is 2. The van der Waals surface area contributed by atoms with Crippen molar-refractivity contribution in [3.63, 3.8) is 0 Å². The van der Waals surface area contributed by atoms with Gasteiger partial charge in [-0.2, -0.15) is 5.10 Å². The van der Waals surface area contributed by atoms with Crippen LogP contribution in [-0.2, 0) is 0 Å². The van der Waals surface area contributed by atoms with Crippen LogP contribution in [0.5, 0.6) is 0 Å². The second kappa shape index (κ2) is 8.12. The molecule has 2 aromatic heterocycles. The van der Waals surface area contributed by atoms with Crippen LogP contribution >= 0.6 is 39.1 Å². The van der Waals surface area contributed by atoms with E-state index >= 15 is 0 Å². The van der Waals surface area contributed by atoms with E-state index in [0.717, 1.165) is 15.4 Å². The van der Waals surface area contributed by atoms with Crippen molar-refractivity contribution in [3.8, 4) is 5.69 Å². The van der Waals surface area contributed by atoms with Gasteiger partial charge in [0.25, 0.3) is 0 Å². The van der Waals surface area contributed by atoms with Gasteiger partial charge in [0.2, 0.25) is 0 Å². The summed E-state index contributed by atoms with van der Waals surface area (Å²) in [4.78, 5) is 8.53. The highest BCUT2D eigenvalue weighted by Crippen LogP contribution is 2.33. The van der Waals surface area contributed by atoms with E-state index in [1.807, 2.05) is 6.92 Å². The summed E-state index contributed by atoms with van der Waals surface area (Å²) in [6.07, 6.45) is 6.41. The Labute approximate surface area is 174 Å². The Hall–Kier alpha value is -2.35. The second-order valence-electron chi connectivity index (χ2n) is 5.64. The van der Waals surface area contributed by atoms with Crippen molar-refractivity contribution in [2.24, 2.45) is 10.7 Å². The highest BCUT2D eigenvalue weighted by Gasteiger charge is 2.15. The maximum Gasteiger partial charge on any atom is 0.142 e. The fourth-order valence-electron chi connectivity index (χ4n) is 2.44. The van der Waals surface area contributed by atoms with Gasteiger partial charge >= 0.3 is 0 Å². The highest BCUT2D eigenvalue weighted by molar-refractivity contribution is 9.10. The molecule has 0 aliphatic rings. The van der Waals surface area contributed by atoms with Crippen LogP contribution in [0, 0.1) is 0 Å². The van der Waals surface area contributed by atoms with Gasteiger partial charge in [-0.05, 0) is 41.1 Å². The lowest BCUT2D eigenvalue weighted by Crippen LogP contribution is -2.02. The number of rotatable bonds is 5. The molecule has 9 heteroatoms. The second-order valence-corrected chi connectivity index (χ2v) is 7.31. The fourth-order valence-corrected chi connectivity index (χ4v) is 3.40. The van der Waals surface area contributed by atoms with Gasteiger partial charge < -0.3 is 11.1 Å². The molecular formula is C18H15BrCl2N6. The number of benzene rings is 1. The Bertz CT molecular complexity index is 1070. The molecule has 0 bridgehead atoms. The molecule has 0 atom stereocenters. The number of nitrogens with one attached hydrogen (secondary N) is 1. The van der Waals surface area contributed by atoms with E-state index in [-0.39, 0.29) is 0 Å². The number of nitrogens with two attached hydrogens (primary N) is 1. The van der Waals surface area contributed by atoms with Crippen molar-refractivity contribution in [2.75, 3.05) is 5.32 Å². The number of anilines is 1. The first-order valence-electron chi connectivity index (χ1n) is 7.77. The summed E-state index contributed by atoms with van der Waals surface area (Å²) in [6, 6.07) is 5.29. The molecule has 0 amide bonds. The molecule has 27 heavy (non-hydrogen) atoms. The Morgan fingerprint density at radius 3 is 2.70 bits per heavy atom. The highest BCUT2D eigenvalue weighted by atomic mass is 79.9. The molecule has 3 aromatic rings. The molecule has 0 aliphatic carbocycles. The number of halogens is 3. The SMILES string of the molecule is C=C(C)/C=C(\N=C/N)Nc1ncc(Br)c2nn(-c3c(Cl)cccc3Cl)cc12. The monoisotopic (exact) mass is 464 g/mol. The Balaban J connectivity index is 2.15. The van der Waals surface area contributed by atoms with E-state index in [0.29, 0.717) is 32.9 Å². The summed E-state index contributed by atoms with van der Waals surface area (Å²) >= 11 is 16.1. The van der Waals surface area contributed by atoms with Gasteiger partial charge in [-0.15, -0.1) is 0 Å². The van der Waals surface area contributed by atoms with E-state index in [1.165, 1.54) is 6.34 Å². The lowest BCUT2D eigenvalue weighted by Gasteiger charge is -2.07. The zero-order valence-corrected chi connectivity index (χ0v) is 17.3. The average Bonchev–Trinajstić information content (AvgIpc) is 3.03. The van der Waals surface area contributed by atoms with Gasteiger partial charge in [-0.3, -0.25) is 0 Å². The van der Waals surface area contributed by atoms with Gasteiger partial charge in [0, 0.05) is 12.4 Å². The first kappa shape index (κ1) is 19.4. The van der Waals surface area contributed by atoms with Crippen molar-refractivity contribution >= 4 is 62.2 Å². The van der Waals surface area contributed by atoms with E-state index in [1.54, 1.807) is 41.4 Å². The van der Waals surface area contributed by atoms with Crippen molar-refractivity contribution in [2.45, 2.75) is 6.92 Å². The van der Waals surface area contributed by atoms with Gasteiger partial charge in [0.15, 0.2) is 0 Å². The minimum atomic E-state index is 0.490. The maximum atomic E-state index is 6.31. The van der Waals surface area contributed by atoms with Crippen molar-refractivity contribution in [3.05, 3.63) is 69.2 Å². The van der Waals surface area contributed by atoms with Gasteiger partial charge in [0.1, 0.15) is 22.8 Å². The molecule has 0 aliphatic heterocycles. The maximum absolute atomic E-state index is 6.31. The summed E-state index contributed by atoms with van der Waals surface area (Å²) in [5.41, 5.74) is 7.53. The number of aliphatic imine (C=N–C) groups is 1. The number of nitrogens with zero attached hydrogens (tertiary/aromatic N) is 4. The van der Waals surface area contributed by atoms with Crippen LogP contribution in [0.25, 0.3) is 16.6 Å². The number of hydrogen-bond acceptors (Lipinski definition) is 4. The number of aromatic nitrogens is 3. The number of para-hydroxylation sites is 1. The molecule has 6 nitrogen and oxygen atoms in total. The van der Waals surface area contributed by atoms with Gasteiger partial charge in [-0.1, -0.05) is 41.4 Å². The zero-order valence-electron chi connectivity index (χ0n) is 14.2. The minimum Gasteiger partial charge on any atom is -0.390 e. The third-order valence-corrected chi connectivity index (χ3v) is 4.70. The van der Waals surface area contributed by atoms with E-state index < -0.39 is 0 Å². The number of fused-ring (bicyclic) bond motifs is 1. The molecule has 3 rings (SSSR count). The Kier molecular flexibility index (Phi) is 5.84. The summed E-state index contributed by atoms with van der Waals surface area (Å²) in [5.74, 6) is 1.06. The summed E-state index contributed by atoms with van der Waals surface area (Å²) < 4.78 is 2.36. The minimum absolute atomic E-state index is 0.490. The Morgan fingerprint density at radius 2 is 2.07 bits per heavy atom. The quantitative estimate of drug-likeness (QED) is 0.304. The molecule has 3 N–H and O–H groups in total. The van der Waals surface area contributed by atoms with E-state index in [2.05, 4.69) is 42.9 Å². The van der Waals surface area contributed by atoms with Gasteiger partial charge in [-0.25, -0.2) is 14.7 Å². The van der Waals surface area contributed by atoms with Crippen LogP contribution in [-0.4, -0.2) is 21.1 Å². The third kappa shape index (κ3) is 4.16. The average molecular weight is 466 g/mol. The molecule has 0 saturated carbocycles. The van der Waals surface area contributed by atoms with E-state index in [9.17, 15) is 0 Å². The van der Waals surface area contributed by atoms with E-state index in [4.69, 9.17) is 28.9 Å². The smallest absolute Gasteiger partial charge is 0.142 e. The van der Waals surface area contributed by atoms with Crippen LogP contribution in [0.4, 0.5) is 5.82 Å². The van der Waals surface area contributed by atoms with Crippen LogP contribution in [0.3, 0.4) is 0 Å². The first-order valence-corrected chi connectivity index (χ1v) is 9.32. The standard InChI is InChI=1S/C18H15BrCl2N6/c1-10(2)6-15(24-9-22)25-18-11-8-27(26-16(11)12(19)7-23-18)17-13(20)4-3-5-14(17)21/h3-9H,1H2,2H3,(H2,22,24)(H,23,25)/b15-6+. The van der Waals surface area contributed by atoms with Crippen LogP contribution in [0.2, 0.25) is 10.0 Å². The lowest BCUT2D eigenvalue weighted by atomic mass is 10.3. The fraction of sp³-hybridized carbons (Fsp3) is 0.0556. The van der Waals surface area contributed by atoms with Crippen LogP contribution in [0.1, 0.15) is 6.92 Å². The first-order chi connectivity index (χ1) is 12.9. The number of allylic oxidation sites excluding steroid dienone is 2. The van der Waals surface area contributed by atoms with Crippen molar-refractivity contribution in [1.82, 2.24) is 14.8 Å². The van der Waals surface area contributed by atoms with Crippen LogP contribution < -0.4 is 11.1 Å². The summed E-state index contributed by atoms with van der Waals surface area (Å²) in [6.45, 7) is 5.71. The normalized spacial score (nSPS) is 12.1. The molecule has 0 radical (unpaired) electrons. The summed E-state index contributed by atoms with van der Waals surface area (Å²) in [5, 5.41) is 9.48. The summed E-state index contributed by atoms with van der Waals surface area (Å²) in [7, 11) is 0. The zero-order chi connectivity index (χ0) is 19.6. The molecular weight excluding hydrogens is 451 g/mol. The lowest BCUT2D eigenvalue weighted by molar-refractivity contribution is 0.896. The number of pyridine rings is 1. The third-order valence-electron chi connectivity index (χ3n) is 3.51. The molecule has 2 heterocycles.